The van der Waals surface area contributed by atoms with E-state index in [4.69, 9.17) is 9.05 Å². The number of amides is 1. The highest BCUT2D eigenvalue weighted by molar-refractivity contribution is 7.45. The predicted molar refractivity (Wildman–Crippen MR) is 150 cm³/mol. The van der Waals surface area contributed by atoms with Gasteiger partial charge in [0.2, 0.25) is 5.91 Å². The molecule has 0 aliphatic rings. The van der Waals surface area contributed by atoms with Crippen LogP contribution in [0.15, 0.2) is 0 Å². The molecule has 0 heterocycles. The van der Waals surface area contributed by atoms with Crippen molar-refractivity contribution < 1.29 is 32.9 Å². The SMILES string of the molecule is CCCCCCCCCCCCC(O)C(COP(=O)([O-])OCC[N+](C)(C)C)NC(=O)CCCCCCC. The maximum atomic E-state index is 12.5. The normalized spacial score (nSPS) is 15.3. The van der Waals surface area contributed by atoms with E-state index in [2.05, 4.69) is 19.2 Å². The van der Waals surface area contributed by atoms with Gasteiger partial charge in [0.25, 0.3) is 7.82 Å². The number of likely N-dealkylation sites (N-methyl/N-ethyl adjacent to an activating group) is 1. The third kappa shape index (κ3) is 24.3. The number of rotatable bonds is 26. The third-order valence-electron chi connectivity index (χ3n) is 6.60. The van der Waals surface area contributed by atoms with Gasteiger partial charge >= 0.3 is 0 Å². The molecule has 3 unspecified atom stereocenters. The zero-order chi connectivity index (χ0) is 28.0. The van der Waals surface area contributed by atoms with Crippen LogP contribution < -0.4 is 10.2 Å². The van der Waals surface area contributed by atoms with Crippen LogP contribution in [-0.4, -0.2) is 68.5 Å². The topological polar surface area (TPSA) is 108 Å². The first-order valence-electron chi connectivity index (χ1n) is 14.9. The van der Waals surface area contributed by atoms with E-state index in [1.54, 1.807) is 0 Å². The van der Waals surface area contributed by atoms with Gasteiger partial charge in [-0.3, -0.25) is 9.36 Å². The van der Waals surface area contributed by atoms with Crippen molar-refractivity contribution in [3.63, 3.8) is 0 Å². The molecule has 0 rings (SSSR count). The number of aliphatic hydroxyl groups is 1. The standard InChI is InChI=1S/C28H59N2O6P/c1-6-8-10-12-13-14-15-16-18-19-21-27(31)26(29-28(32)22-20-17-11-9-7-2)25-36-37(33,34)35-24-23-30(3,4)5/h26-27,31H,6-25H2,1-5H3,(H-,29,32,33,34). The Hall–Kier alpha value is -0.500. The van der Waals surface area contributed by atoms with E-state index in [1.807, 2.05) is 21.1 Å². The predicted octanol–water partition coefficient (Wildman–Crippen LogP) is 5.71. The first-order chi connectivity index (χ1) is 17.5. The molecule has 8 nitrogen and oxygen atoms in total. The molecule has 0 saturated heterocycles. The third-order valence-corrected chi connectivity index (χ3v) is 7.56. The molecule has 0 aromatic carbocycles. The van der Waals surface area contributed by atoms with Crippen molar-refractivity contribution in [2.45, 2.75) is 135 Å². The second kappa shape index (κ2) is 22.3. The Morgan fingerprint density at radius 2 is 1.32 bits per heavy atom. The first-order valence-corrected chi connectivity index (χ1v) is 16.3. The van der Waals surface area contributed by atoms with E-state index in [-0.39, 0.29) is 19.1 Å². The molecule has 0 spiro atoms. The number of hydrogen-bond acceptors (Lipinski definition) is 6. The van der Waals surface area contributed by atoms with Gasteiger partial charge in [-0.25, -0.2) is 0 Å². The zero-order valence-corrected chi connectivity index (χ0v) is 25.6. The van der Waals surface area contributed by atoms with Crippen LogP contribution in [0.3, 0.4) is 0 Å². The van der Waals surface area contributed by atoms with Crippen molar-refractivity contribution in [2.75, 3.05) is 40.9 Å². The quantitative estimate of drug-likeness (QED) is 0.0811. The fraction of sp³-hybridized carbons (Fsp3) is 0.964. The molecule has 222 valence electrons. The average molecular weight is 551 g/mol. The van der Waals surface area contributed by atoms with E-state index < -0.39 is 20.0 Å². The molecular weight excluding hydrogens is 491 g/mol. The van der Waals surface area contributed by atoms with Crippen molar-refractivity contribution in [3.8, 4) is 0 Å². The van der Waals surface area contributed by atoms with Gasteiger partial charge in [-0.2, -0.15) is 0 Å². The van der Waals surface area contributed by atoms with Gasteiger partial charge in [-0.1, -0.05) is 104 Å². The molecule has 0 aliphatic heterocycles. The fourth-order valence-corrected chi connectivity index (χ4v) is 4.82. The zero-order valence-electron chi connectivity index (χ0n) is 24.7. The summed E-state index contributed by atoms with van der Waals surface area (Å²) in [5.74, 6) is -0.182. The number of carbonyl (C=O) groups excluding carboxylic acids is 1. The summed E-state index contributed by atoms with van der Waals surface area (Å²) in [5.41, 5.74) is 0. The minimum Gasteiger partial charge on any atom is -0.756 e. The Morgan fingerprint density at radius 3 is 1.84 bits per heavy atom. The lowest BCUT2D eigenvalue weighted by atomic mass is 10.0. The maximum absolute atomic E-state index is 12.5. The van der Waals surface area contributed by atoms with Crippen molar-refractivity contribution >= 4 is 13.7 Å². The second-order valence-electron chi connectivity index (χ2n) is 11.5. The molecule has 3 atom stereocenters. The summed E-state index contributed by atoms with van der Waals surface area (Å²) < 4.78 is 22.9. The fourth-order valence-electron chi connectivity index (χ4n) is 4.09. The molecule has 1 amide bonds. The highest BCUT2D eigenvalue weighted by Crippen LogP contribution is 2.38. The lowest BCUT2D eigenvalue weighted by Crippen LogP contribution is -2.46. The molecule has 2 N–H and O–H groups in total. The van der Waals surface area contributed by atoms with Gasteiger partial charge in [0, 0.05) is 6.42 Å². The van der Waals surface area contributed by atoms with Crippen LogP contribution in [0.4, 0.5) is 0 Å². The van der Waals surface area contributed by atoms with Crippen molar-refractivity contribution in [3.05, 3.63) is 0 Å². The van der Waals surface area contributed by atoms with Crippen molar-refractivity contribution in [1.29, 1.82) is 0 Å². The minimum absolute atomic E-state index is 0.0141. The lowest BCUT2D eigenvalue weighted by molar-refractivity contribution is -0.870. The monoisotopic (exact) mass is 550 g/mol. The van der Waals surface area contributed by atoms with E-state index in [0.29, 0.717) is 23.9 Å². The van der Waals surface area contributed by atoms with Gasteiger partial charge in [-0.05, 0) is 12.8 Å². The summed E-state index contributed by atoms with van der Waals surface area (Å²) in [7, 11) is 1.30. The van der Waals surface area contributed by atoms with E-state index in [0.717, 1.165) is 51.4 Å². The Kier molecular flexibility index (Phi) is 22.0. The molecule has 0 aliphatic carbocycles. The minimum atomic E-state index is -4.53. The second-order valence-corrected chi connectivity index (χ2v) is 12.9. The van der Waals surface area contributed by atoms with Crippen molar-refractivity contribution in [2.24, 2.45) is 0 Å². The van der Waals surface area contributed by atoms with Gasteiger partial charge in [0.15, 0.2) is 0 Å². The molecule has 0 saturated carbocycles. The van der Waals surface area contributed by atoms with Crippen molar-refractivity contribution in [1.82, 2.24) is 5.32 Å². The average Bonchev–Trinajstić information content (AvgIpc) is 2.81. The molecular formula is C28H59N2O6P. The number of phosphoric acid groups is 1. The number of carbonyl (C=O) groups is 1. The summed E-state index contributed by atoms with van der Waals surface area (Å²) in [4.78, 5) is 24.7. The largest absolute Gasteiger partial charge is 0.756 e. The summed E-state index contributed by atoms with van der Waals surface area (Å²) >= 11 is 0. The van der Waals surface area contributed by atoms with Gasteiger partial charge in [0.05, 0.1) is 39.9 Å². The lowest BCUT2D eigenvalue weighted by Gasteiger charge is -2.30. The summed E-state index contributed by atoms with van der Waals surface area (Å²) in [6.45, 7) is 4.57. The molecule has 37 heavy (non-hydrogen) atoms. The number of nitrogens with one attached hydrogen (secondary N) is 1. The number of aliphatic hydroxyl groups excluding tert-OH is 1. The Balaban J connectivity index is 4.56. The molecule has 0 bridgehead atoms. The molecule has 0 radical (unpaired) electrons. The van der Waals surface area contributed by atoms with E-state index in [1.165, 1.54) is 44.9 Å². The number of phosphoric ester groups is 1. The van der Waals surface area contributed by atoms with Crippen LogP contribution in [0.25, 0.3) is 0 Å². The first kappa shape index (κ1) is 36.5. The van der Waals surface area contributed by atoms with Crippen LogP contribution >= 0.6 is 7.82 Å². The Labute approximate surface area is 228 Å². The number of quaternary nitrogens is 1. The van der Waals surface area contributed by atoms with Gasteiger partial charge in [0.1, 0.15) is 13.2 Å². The van der Waals surface area contributed by atoms with E-state index in [9.17, 15) is 19.4 Å². The molecule has 9 heteroatoms. The van der Waals surface area contributed by atoms with Crippen LogP contribution in [0.5, 0.6) is 0 Å². The Bertz CT molecular complexity index is 600. The highest BCUT2D eigenvalue weighted by Gasteiger charge is 2.24. The number of unbranched alkanes of at least 4 members (excludes halogenated alkanes) is 13. The summed E-state index contributed by atoms with van der Waals surface area (Å²) in [6.07, 6.45) is 17.1. The molecule has 0 aromatic rings. The van der Waals surface area contributed by atoms with Gasteiger partial charge < -0.3 is 28.8 Å². The van der Waals surface area contributed by atoms with Crippen LogP contribution in [0.2, 0.25) is 0 Å². The molecule has 0 aromatic heterocycles. The number of nitrogens with zero attached hydrogens (tertiary/aromatic N) is 1. The number of hydrogen-bond donors (Lipinski definition) is 2. The van der Waals surface area contributed by atoms with Crippen LogP contribution in [0, 0.1) is 0 Å². The summed E-state index contributed by atoms with van der Waals surface area (Å²) in [5, 5.41) is 13.6. The summed E-state index contributed by atoms with van der Waals surface area (Å²) in [6, 6.07) is -0.786. The van der Waals surface area contributed by atoms with Crippen LogP contribution in [0.1, 0.15) is 123 Å². The smallest absolute Gasteiger partial charge is 0.268 e. The van der Waals surface area contributed by atoms with Crippen LogP contribution in [-0.2, 0) is 18.4 Å². The highest BCUT2D eigenvalue weighted by atomic mass is 31.2. The van der Waals surface area contributed by atoms with Gasteiger partial charge in [-0.15, -0.1) is 0 Å². The Morgan fingerprint density at radius 1 is 0.838 bits per heavy atom. The maximum Gasteiger partial charge on any atom is 0.268 e. The molecule has 0 fully saturated rings. The van der Waals surface area contributed by atoms with E-state index >= 15 is 0 Å².